The molecule has 0 atom stereocenters. The topological polar surface area (TPSA) is 92.5 Å². The van der Waals surface area contributed by atoms with Gasteiger partial charge in [0.15, 0.2) is 0 Å². The average molecular weight is 452 g/mol. The SMILES string of the molecule is NC(=NCc1ccccc1)c1c(Nc2ccc(Oc3cc(F)cc(F)c3)cc2)s[nH]c1=O. The first-order valence-corrected chi connectivity index (χ1v) is 10.4. The molecular formula is C23H18F2N4O2S. The van der Waals surface area contributed by atoms with E-state index in [-0.39, 0.29) is 22.7 Å². The Hall–Kier alpha value is -3.98. The summed E-state index contributed by atoms with van der Waals surface area (Å²) in [6, 6.07) is 19.2. The number of rotatable bonds is 7. The van der Waals surface area contributed by atoms with E-state index in [2.05, 4.69) is 14.7 Å². The van der Waals surface area contributed by atoms with Crippen molar-refractivity contribution in [3.63, 3.8) is 0 Å². The largest absolute Gasteiger partial charge is 0.457 e. The first-order valence-electron chi connectivity index (χ1n) is 9.54. The summed E-state index contributed by atoms with van der Waals surface area (Å²) in [6.45, 7) is 0.355. The van der Waals surface area contributed by atoms with Crippen molar-refractivity contribution in [1.29, 1.82) is 0 Å². The second kappa shape index (κ2) is 9.44. The lowest BCUT2D eigenvalue weighted by Gasteiger charge is -2.09. The molecule has 9 heteroatoms. The van der Waals surface area contributed by atoms with Crippen molar-refractivity contribution in [1.82, 2.24) is 4.37 Å². The van der Waals surface area contributed by atoms with Gasteiger partial charge in [0.05, 0.1) is 6.54 Å². The minimum Gasteiger partial charge on any atom is -0.457 e. The van der Waals surface area contributed by atoms with Gasteiger partial charge >= 0.3 is 0 Å². The Morgan fingerprint density at radius 2 is 1.69 bits per heavy atom. The number of ether oxygens (including phenoxy) is 1. The zero-order chi connectivity index (χ0) is 22.5. The molecule has 0 unspecified atom stereocenters. The van der Waals surface area contributed by atoms with Crippen LogP contribution in [-0.2, 0) is 6.54 Å². The summed E-state index contributed by atoms with van der Waals surface area (Å²) in [7, 11) is 0. The number of H-pyrrole nitrogens is 1. The highest BCUT2D eigenvalue weighted by molar-refractivity contribution is 7.10. The van der Waals surface area contributed by atoms with Crippen LogP contribution in [0.25, 0.3) is 0 Å². The number of nitrogens with two attached hydrogens (primary N) is 1. The van der Waals surface area contributed by atoms with E-state index < -0.39 is 11.6 Å². The molecule has 0 bridgehead atoms. The number of nitrogens with one attached hydrogen (secondary N) is 2. The quantitative estimate of drug-likeness (QED) is 0.267. The number of aliphatic imine (C=N–C) groups is 1. The highest BCUT2D eigenvalue weighted by Crippen LogP contribution is 2.27. The van der Waals surface area contributed by atoms with Crippen LogP contribution < -0.4 is 21.3 Å². The van der Waals surface area contributed by atoms with Gasteiger partial charge in [-0.15, -0.1) is 0 Å². The van der Waals surface area contributed by atoms with E-state index in [9.17, 15) is 13.6 Å². The van der Waals surface area contributed by atoms with Gasteiger partial charge in [0.1, 0.15) is 39.5 Å². The summed E-state index contributed by atoms with van der Waals surface area (Å²) in [4.78, 5) is 16.6. The van der Waals surface area contributed by atoms with Gasteiger partial charge < -0.3 is 15.8 Å². The summed E-state index contributed by atoms with van der Waals surface area (Å²) < 4.78 is 34.8. The third kappa shape index (κ3) is 5.19. The zero-order valence-electron chi connectivity index (χ0n) is 16.6. The summed E-state index contributed by atoms with van der Waals surface area (Å²) in [6.07, 6.45) is 0. The third-order valence-electron chi connectivity index (χ3n) is 4.41. The van der Waals surface area contributed by atoms with Crippen molar-refractivity contribution in [2.24, 2.45) is 10.7 Å². The van der Waals surface area contributed by atoms with Crippen molar-refractivity contribution in [2.75, 3.05) is 5.32 Å². The number of benzene rings is 3. The lowest BCUT2D eigenvalue weighted by atomic mass is 10.2. The molecule has 0 amide bonds. The smallest absolute Gasteiger partial charge is 0.271 e. The molecule has 0 saturated heterocycles. The molecule has 3 aromatic carbocycles. The standard InChI is InChI=1S/C23H18F2N4O2S/c24-15-10-16(25)12-19(11-15)31-18-8-6-17(7-9-18)28-23-20(22(30)29-32-23)21(26)27-13-14-4-2-1-3-5-14/h1-12,28H,13H2,(H2,26,27)(H,29,30). The summed E-state index contributed by atoms with van der Waals surface area (Å²) >= 11 is 1.11. The van der Waals surface area contributed by atoms with Gasteiger partial charge in [0.2, 0.25) is 0 Å². The van der Waals surface area contributed by atoms with Crippen molar-refractivity contribution >= 4 is 28.1 Å². The molecule has 32 heavy (non-hydrogen) atoms. The Bertz CT molecular complexity index is 1280. The van der Waals surface area contributed by atoms with Gasteiger partial charge in [-0.2, -0.15) is 0 Å². The summed E-state index contributed by atoms with van der Waals surface area (Å²) in [5, 5.41) is 3.65. The first kappa shape index (κ1) is 21.3. The van der Waals surface area contributed by atoms with Crippen molar-refractivity contribution in [2.45, 2.75) is 6.54 Å². The minimum absolute atomic E-state index is 0.0525. The van der Waals surface area contributed by atoms with Crippen LogP contribution in [0, 0.1) is 11.6 Å². The Morgan fingerprint density at radius 1 is 1.00 bits per heavy atom. The molecule has 0 radical (unpaired) electrons. The number of nitrogens with zero attached hydrogens (tertiary/aromatic N) is 1. The molecule has 6 nitrogen and oxygen atoms in total. The van der Waals surface area contributed by atoms with Crippen LogP contribution in [0.2, 0.25) is 0 Å². The predicted octanol–water partition coefficient (Wildman–Crippen LogP) is 5.16. The van der Waals surface area contributed by atoms with E-state index in [4.69, 9.17) is 10.5 Å². The maximum absolute atomic E-state index is 13.3. The van der Waals surface area contributed by atoms with Gasteiger partial charge in [-0.25, -0.2) is 8.78 Å². The summed E-state index contributed by atoms with van der Waals surface area (Å²) in [5.74, 6) is -0.866. The Balaban J connectivity index is 1.48. The highest BCUT2D eigenvalue weighted by Gasteiger charge is 2.15. The van der Waals surface area contributed by atoms with Gasteiger partial charge in [0, 0.05) is 23.9 Å². The molecule has 0 fully saturated rings. The van der Waals surface area contributed by atoms with Crippen LogP contribution in [0.1, 0.15) is 11.1 Å². The first-order chi connectivity index (χ1) is 15.5. The number of anilines is 2. The van der Waals surface area contributed by atoms with Gasteiger partial charge in [-0.3, -0.25) is 14.2 Å². The van der Waals surface area contributed by atoms with Crippen LogP contribution >= 0.6 is 11.5 Å². The molecule has 0 spiro atoms. The normalized spacial score (nSPS) is 11.4. The fraction of sp³-hybridized carbons (Fsp3) is 0.0435. The zero-order valence-corrected chi connectivity index (χ0v) is 17.5. The van der Waals surface area contributed by atoms with Crippen LogP contribution in [0.4, 0.5) is 19.5 Å². The molecule has 0 aliphatic rings. The van der Waals surface area contributed by atoms with E-state index in [1.165, 1.54) is 0 Å². The van der Waals surface area contributed by atoms with Gasteiger partial charge in [-0.1, -0.05) is 30.3 Å². The maximum atomic E-state index is 13.3. The molecular weight excluding hydrogens is 434 g/mol. The van der Waals surface area contributed by atoms with E-state index in [0.717, 1.165) is 35.3 Å². The average Bonchev–Trinajstić information content (AvgIpc) is 3.13. The van der Waals surface area contributed by atoms with E-state index >= 15 is 0 Å². The summed E-state index contributed by atoms with van der Waals surface area (Å²) in [5.41, 5.74) is 7.66. The van der Waals surface area contributed by atoms with E-state index in [1.807, 2.05) is 30.3 Å². The van der Waals surface area contributed by atoms with Crippen LogP contribution in [-0.4, -0.2) is 10.2 Å². The number of aromatic amines is 1. The molecule has 1 heterocycles. The molecule has 0 saturated carbocycles. The lowest BCUT2D eigenvalue weighted by Crippen LogP contribution is -2.22. The number of halogens is 2. The molecule has 4 N–H and O–H groups in total. The number of amidine groups is 1. The Labute approximate surface area is 186 Å². The molecule has 1 aromatic heterocycles. The van der Waals surface area contributed by atoms with E-state index in [0.29, 0.717) is 23.0 Å². The minimum atomic E-state index is -0.723. The van der Waals surface area contributed by atoms with Gasteiger partial charge in [0.25, 0.3) is 5.56 Å². The molecule has 162 valence electrons. The van der Waals surface area contributed by atoms with Crippen molar-refractivity contribution in [3.05, 3.63) is 106 Å². The van der Waals surface area contributed by atoms with Crippen LogP contribution in [0.3, 0.4) is 0 Å². The molecule has 4 rings (SSSR count). The van der Waals surface area contributed by atoms with Crippen molar-refractivity contribution in [3.8, 4) is 11.5 Å². The molecule has 4 aromatic rings. The maximum Gasteiger partial charge on any atom is 0.271 e. The Morgan fingerprint density at radius 3 is 2.38 bits per heavy atom. The monoisotopic (exact) mass is 452 g/mol. The van der Waals surface area contributed by atoms with Gasteiger partial charge in [-0.05, 0) is 41.4 Å². The number of hydrogen-bond acceptors (Lipinski definition) is 5. The van der Waals surface area contributed by atoms with Crippen LogP contribution in [0.5, 0.6) is 11.5 Å². The fourth-order valence-corrected chi connectivity index (χ4v) is 3.69. The number of hydrogen-bond donors (Lipinski definition) is 3. The Kier molecular flexibility index (Phi) is 6.27. The fourth-order valence-electron chi connectivity index (χ4n) is 2.92. The lowest BCUT2D eigenvalue weighted by molar-refractivity contribution is 0.468. The molecule has 0 aliphatic carbocycles. The highest BCUT2D eigenvalue weighted by atomic mass is 32.1. The third-order valence-corrected chi connectivity index (χ3v) is 5.21. The number of aromatic nitrogens is 1. The predicted molar refractivity (Wildman–Crippen MR) is 122 cm³/mol. The van der Waals surface area contributed by atoms with Crippen molar-refractivity contribution < 1.29 is 13.5 Å². The second-order valence-corrected chi connectivity index (χ2v) is 7.60. The second-order valence-electron chi connectivity index (χ2n) is 6.78. The van der Waals surface area contributed by atoms with Crippen LogP contribution in [0.15, 0.2) is 82.6 Å². The molecule has 0 aliphatic heterocycles. The van der Waals surface area contributed by atoms with E-state index in [1.54, 1.807) is 24.3 Å².